The van der Waals surface area contributed by atoms with Crippen LogP contribution in [-0.4, -0.2) is 27.6 Å². The molecule has 0 spiro atoms. The van der Waals surface area contributed by atoms with Crippen molar-refractivity contribution < 1.29 is 21.4 Å². The second kappa shape index (κ2) is 3.47. The predicted molar refractivity (Wildman–Crippen MR) is 52.1 cm³/mol. The summed E-state index contributed by atoms with van der Waals surface area (Å²) in [6, 6.07) is 2.86. The van der Waals surface area contributed by atoms with Crippen LogP contribution in [0.15, 0.2) is 28.0 Å². The maximum atomic E-state index is 11.1. The van der Waals surface area contributed by atoms with Gasteiger partial charge in [0, 0.05) is 6.26 Å². The number of benzene rings is 1. The molecule has 0 aliphatic heterocycles. The van der Waals surface area contributed by atoms with Gasteiger partial charge in [-0.1, -0.05) is 0 Å². The molecule has 1 aromatic carbocycles. The number of rotatable bonds is 2. The van der Waals surface area contributed by atoms with Crippen molar-refractivity contribution in [3.8, 4) is 0 Å². The number of sulfone groups is 1. The molecule has 0 aliphatic carbocycles. The molecule has 0 aliphatic rings. The first kappa shape index (κ1) is 12.0. The molecule has 0 atom stereocenters. The van der Waals surface area contributed by atoms with Crippen molar-refractivity contribution in [1.29, 1.82) is 0 Å². The molecule has 1 aromatic rings. The lowest BCUT2D eigenvalue weighted by Crippen LogP contribution is -2.03. The molecule has 1 rings (SSSR count). The molecule has 0 fully saturated rings. The second-order valence-electron chi connectivity index (χ2n) is 2.91. The van der Waals surface area contributed by atoms with E-state index in [1.165, 1.54) is 0 Å². The third kappa shape index (κ3) is 2.67. The Balaban J connectivity index is 3.57. The molecule has 0 aromatic heterocycles. The van der Waals surface area contributed by atoms with Crippen LogP contribution in [0.4, 0.5) is 5.69 Å². The van der Waals surface area contributed by atoms with E-state index in [2.05, 4.69) is 0 Å². The van der Waals surface area contributed by atoms with Crippen molar-refractivity contribution in [3.63, 3.8) is 0 Å². The summed E-state index contributed by atoms with van der Waals surface area (Å²) in [5.74, 6) is 0. The largest absolute Gasteiger partial charge is 0.299 e. The zero-order chi connectivity index (χ0) is 11.9. The molecule has 0 amide bonds. The van der Waals surface area contributed by atoms with Gasteiger partial charge in [-0.3, -0.25) is 10.3 Å². The van der Waals surface area contributed by atoms with E-state index in [9.17, 15) is 16.8 Å². The Bertz CT molecular complexity index is 588. The van der Waals surface area contributed by atoms with Gasteiger partial charge in [0.1, 0.15) is 4.90 Å². The van der Waals surface area contributed by atoms with Crippen LogP contribution in [0.25, 0.3) is 0 Å². The highest BCUT2D eigenvalue weighted by atomic mass is 32.2. The van der Waals surface area contributed by atoms with Gasteiger partial charge in [0.25, 0.3) is 10.1 Å². The van der Waals surface area contributed by atoms with Gasteiger partial charge < -0.3 is 0 Å². The van der Waals surface area contributed by atoms with Gasteiger partial charge in [-0.25, -0.2) is 8.42 Å². The van der Waals surface area contributed by atoms with E-state index in [0.29, 0.717) is 0 Å². The van der Waals surface area contributed by atoms with E-state index in [1.807, 2.05) is 0 Å². The van der Waals surface area contributed by atoms with Crippen molar-refractivity contribution in [2.24, 2.45) is 0 Å². The third-order valence-electron chi connectivity index (χ3n) is 1.66. The van der Waals surface area contributed by atoms with Crippen LogP contribution in [0.3, 0.4) is 0 Å². The highest BCUT2D eigenvalue weighted by Gasteiger charge is 2.18. The minimum Gasteiger partial charge on any atom is -0.299 e. The van der Waals surface area contributed by atoms with Crippen molar-refractivity contribution in [1.82, 2.24) is 5.73 Å². The molecule has 2 N–H and O–H groups in total. The molecule has 1 radical (unpaired) electrons. The molecular weight excluding hydrogens is 242 g/mol. The fourth-order valence-corrected chi connectivity index (χ4v) is 2.29. The molecule has 0 bridgehead atoms. The van der Waals surface area contributed by atoms with E-state index in [-0.39, 0.29) is 4.90 Å². The monoisotopic (exact) mass is 250 g/mol. The quantitative estimate of drug-likeness (QED) is 0.756. The average Bonchev–Trinajstić information content (AvgIpc) is 2.00. The van der Waals surface area contributed by atoms with Crippen LogP contribution in [0.2, 0.25) is 0 Å². The first-order chi connectivity index (χ1) is 6.62. The Labute approximate surface area is 87.4 Å². The van der Waals surface area contributed by atoms with Crippen molar-refractivity contribution in [3.05, 3.63) is 18.2 Å². The van der Waals surface area contributed by atoms with Crippen LogP contribution in [0.1, 0.15) is 0 Å². The lowest BCUT2D eigenvalue weighted by molar-refractivity contribution is 0.483. The van der Waals surface area contributed by atoms with Crippen LogP contribution in [0, 0.1) is 0 Å². The lowest BCUT2D eigenvalue weighted by Gasteiger charge is -2.03. The first-order valence-corrected chi connectivity index (χ1v) is 6.99. The minimum atomic E-state index is -4.57. The highest BCUT2D eigenvalue weighted by Crippen LogP contribution is 2.23. The fourth-order valence-electron chi connectivity index (χ4n) is 0.947. The van der Waals surface area contributed by atoms with Crippen LogP contribution in [0.5, 0.6) is 0 Å². The van der Waals surface area contributed by atoms with Gasteiger partial charge >= 0.3 is 0 Å². The van der Waals surface area contributed by atoms with Crippen molar-refractivity contribution >= 4 is 25.6 Å². The van der Waals surface area contributed by atoms with Crippen LogP contribution >= 0.6 is 0 Å². The molecule has 0 saturated carbocycles. The molecule has 0 saturated heterocycles. The van der Waals surface area contributed by atoms with Gasteiger partial charge in [0.05, 0.1) is 10.6 Å². The predicted octanol–water partition coefficient (Wildman–Crippen LogP) is 0.251. The summed E-state index contributed by atoms with van der Waals surface area (Å²) >= 11 is 0. The zero-order valence-electron chi connectivity index (χ0n) is 7.63. The maximum Gasteiger partial charge on any atom is 0.296 e. The first-order valence-electron chi connectivity index (χ1n) is 3.65. The van der Waals surface area contributed by atoms with Crippen LogP contribution < -0.4 is 5.73 Å². The standard InChI is InChI=1S/C7H8NO5S2/c1-14(9,10)5-2-3-6(8)7(4-5)15(11,12)13/h2-4,8H,1H3,(H,11,12,13). The Morgan fingerprint density at radius 2 is 1.73 bits per heavy atom. The molecule has 6 nitrogen and oxygen atoms in total. The number of hydrogen-bond donors (Lipinski definition) is 1. The molecule has 0 heterocycles. The van der Waals surface area contributed by atoms with Crippen LogP contribution in [-0.2, 0) is 20.0 Å². The third-order valence-corrected chi connectivity index (χ3v) is 3.66. The number of nitrogens with one attached hydrogen (secondary N) is 1. The van der Waals surface area contributed by atoms with E-state index < -0.39 is 30.5 Å². The highest BCUT2D eigenvalue weighted by molar-refractivity contribution is 7.90. The Morgan fingerprint density at radius 3 is 2.13 bits per heavy atom. The summed E-state index contributed by atoms with van der Waals surface area (Å²) in [5, 5.41) is 0. The molecule has 8 heteroatoms. The summed E-state index contributed by atoms with van der Waals surface area (Å²) in [6.45, 7) is 0. The summed E-state index contributed by atoms with van der Waals surface area (Å²) < 4.78 is 52.4. The number of hydrogen-bond acceptors (Lipinski definition) is 4. The summed E-state index contributed by atoms with van der Waals surface area (Å²) in [6.07, 6.45) is 0.903. The van der Waals surface area contributed by atoms with E-state index in [0.717, 1.165) is 24.5 Å². The van der Waals surface area contributed by atoms with Gasteiger partial charge in [0.2, 0.25) is 0 Å². The minimum absolute atomic E-state index is 0.258. The van der Waals surface area contributed by atoms with Gasteiger partial charge in [-0.05, 0) is 18.2 Å². The van der Waals surface area contributed by atoms with Gasteiger partial charge in [0.15, 0.2) is 9.84 Å². The second-order valence-corrected chi connectivity index (χ2v) is 6.31. The molecular formula is C7H8NO5S2. The summed E-state index contributed by atoms with van der Waals surface area (Å²) in [7, 11) is -8.13. The normalized spacial score (nSPS) is 12.7. The van der Waals surface area contributed by atoms with E-state index in [4.69, 9.17) is 10.3 Å². The van der Waals surface area contributed by atoms with Crippen molar-refractivity contribution in [2.45, 2.75) is 9.79 Å². The lowest BCUT2D eigenvalue weighted by atomic mass is 10.3. The summed E-state index contributed by atoms with van der Waals surface area (Å²) in [4.78, 5) is -0.975. The Kier molecular flexibility index (Phi) is 2.77. The molecule has 15 heavy (non-hydrogen) atoms. The summed E-state index contributed by atoms with van der Waals surface area (Å²) in [5.41, 5.74) is 6.74. The zero-order valence-corrected chi connectivity index (χ0v) is 9.26. The smallest absolute Gasteiger partial charge is 0.296 e. The Hall–Kier alpha value is -1.12. The topological polar surface area (TPSA) is 112 Å². The SMILES string of the molecule is CS(=O)(=O)c1ccc([NH])c(S(=O)(=O)O)c1. The Morgan fingerprint density at radius 1 is 1.20 bits per heavy atom. The molecule has 0 unspecified atom stereocenters. The molecule has 83 valence electrons. The van der Waals surface area contributed by atoms with E-state index >= 15 is 0 Å². The van der Waals surface area contributed by atoms with Crippen molar-refractivity contribution in [2.75, 3.05) is 6.26 Å². The average molecular weight is 250 g/mol. The van der Waals surface area contributed by atoms with Gasteiger partial charge in [-0.15, -0.1) is 0 Å². The van der Waals surface area contributed by atoms with Gasteiger partial charge in [-0.2, -0.15) is 8.42 Å². The fraction of sp³-hybridized carbons (Fsp3) is 0.143. The van der Waals surface area contributed by atoms with E-state index in [1.54, 1.807) is 0 Å². The maximum absolute atomic E-state index is 11.1.